The molecule has 0 aliphatic heterocycles. The maximum atomic E-state index is 13.3. The van der Waals surface area contributed by atoms with Crippen LogP contribution in [-0.2, 0) is 11.3 Å². The third kappa shape index (κ3) is 6.66. The maximum absolute atomic E-state index is 13.3. The van der Waals surface area contributed by atoms with Gasteiger partial charge in [-0.05, 0) is 61.5 Å². The van der Waals surface area contributed by atoms with E-state index in [1.807, 2.05) is 12.1 Å². The van der Waals surface area contributed by atoms with Crippen molar-refractivity contribution in [2.45, 2.75) is 83.3 Å². The minimum Gasteiger partial charge on any atom is -0.353 e. The van der Waals surface area contributed by atoms with E-state index in [9.17, 15) is 9.18 Å². The fraction of sp³-hybridized carbons (Fsp3) is 0.652. The molecular weight excluding hydrogens is 385 g/mol. The summed E-state index contributed by atoms with van der Waals surface area (Å²) in [6, 6.07) is 7.25. The van der Waals surface area contributed by atoms with Gasteiger partial charge in [-0.25, -0.2) is 4.39 Å². The summed E-state index contributed by atoms with van der Waals surface area (Å²) in [5.41, 5.74) is 1.03. The number of hydrogen-bond donors (Lipinski definition) is 2. The molecule has 2 aliphatic rings. The Morgan fingerprint density at radius 3 is 2.41 bits per heavy atom. The van der Waals surface area contributed by atoms with Crippen LogP contribution in [0.1, 0.15) is 70.3 Å². The molecule has 1 aromatic carbocycles. The Bertz CT molecular complexity index is 675. The van der Waals surface area contributed by atoms with Crippen LogP contribution < -0.4 is 10.6 Å². The first-order valence-electron chi connectivity index (χ1n) is 11.1. The van der Waals surface area contributed by atoms with Crippen molar-refractivity contribution in [3.8, 4) is 0 Å². The van der Waals surface area contributed by atoms with E-state index in [1.165, 1.54) is 50.7 Å². The number of benzene rings is 1. The molecule has 4 nitrogen and oxygen atoms in total. The van der Waals surface area contributed by atoms with Crippen molar-refractivity contribution < 1.29 is 9.18 Å². The number of rotatable bonds is 6. The van der Waals surface area contributed by atoms with Crippen LogP contribution in [0.3, 0.4) is 0 Å². The molecule has 1 amide bonds. The van der Waals surface area contributed by atoms with E-state index in [-0.39, 0.29) is 24.3 Å². The molecule has 2 N–H and O–H groups in total. The highest BCUT2D eigenvalue weighted by atomic mass is 32.1. The van der Waals surface area contributed by atoms with Crippen molar-refractivity contribution in [1.29, 1.82) is 0 Å². The van der Waals surface area contributed by atoms with Gasteiger partial charge in [0.1, 0.15) is 5.82 Å². The Labute approximate surface area is 179 Å². The molecule has 0 spiro atoms. The molecule has 2 atom stereocenters. The zero-order valence-corrected chi connectivity index (χ0v) is 18.3. The van der Waals surface area contributed by atoms with Crippen LogP contribution in [0, 0.1) is 11.7 Å². The highest BCUT2D eigenvalue weighted by Gasteiger charge is 2.25. The highest BCUT2D eigenvalue weighted by molar-refractivity contribution is 7.80. The predicted octanol–water partition coefficient (Wildman–Crippen LogP) is 4.53. The lowest BCUT2D eigenvalue weighted by Gasteiger charge is -2.36. The van der Waals surface area contributed by atoms with Crippen LogP contribution in [0.5, 0.6) is 0 Å². The first-order chi connectivity index (χ1) is 14.0. The molecule has 2 saturated carbocycles. The zero-order chi connectivity index (χ0) is 20.6. The van der Waals surface area contributed by atoms with Gasteiger partial charge in [0.05, 0.1) is 6.54 Å². The second-order valence-corrected chi connectivity index (χ2v) is 9.03. The molecule has 0 bridgehead atoms. The number of amides is 1. The van der Waals surface area contributed by atoms with E-state index in [4.69, 9.17) is 12.2 Å². The maximum Gasteiger partial charge on any atom is 0.239 e. The van der Waals surface area contributed by atoms with Crippen molar-refractivity contribution in [3.05, 3.63) is 35.6 Å². The molecule has 2 fully saturated rings. The van der Waals surface area contributed by atoms with Gasteiger partial charge in [0, 0.05) is 18.6 Å². The SMILES string of the molecule is CC1CCCCC1NC(=O)CNC(=S)N(Cc1ccc(F)cc1)C1CCCCC1. The van der Waals surface area contributed by atoms with Crippen LogP contribution >= 0.6 is 12.2 Å². The van der Waals surface area contributed by atoms with Gasteiger partial charge < -0.3 is 15.5 Å². The molecule has 0 aromatic heterocycles. The van der Waals surface area contributed by atoms with Gasteiger partial charge in [0.15, 0.2) is 5.11 Å². The molecular formula is C23H34FN3OS. The summed E-state index contributed by atoms with van der Waals surface area (Å²) in [5.74, 6) is 0.320. The smallest absolute Gasteiger partial charge is 0.239 e. The predicted molar refractivity (Wildman–Crippen MR) is 119 cm³/mol. The van der Waals surface area contributed by atoms with Crippen LogP contribution in [0.15, 0.2) is 24.3 Å². The zero-order valence-electron chi connectivity index (χ0n) is 17.5. The fourth-order valence-corrected chi connectivity index (χ4v) is 4.88. The normalized spacial score (nSPS) is 22.7. The lowest BCUT2D eigenvalue weighted by Crippen LogP contribution is -2.50. The quantitative estimate of drug-likeness (QED) is 0.665. The molecule has 2 aliphatic carbocycles. The molecule has 29 heavy (non-hydrogen) atoms. The van der Waals surface area contributed by atoms with Gasteiger partial charge in [-0.15, -0.1) is 0 Å². The van der Waals surface area contributed by atoms with Gasteiger partial charge in [-0.3, -0.25) is 4.79 Å². The highest BCUT2D eigenvalue weighted by Crippen LogP contribution is 2.25. The Kier molecular flexibility index (Phi) is 8.28. The van der Waals surface area contributed by atoms with Crippen molar-refractivity contribution >= 4 is 23.2 Å². The van der Waals surface area contributed by atoms with Crippen molar-refractivity contribution in [1.82, 2.24) is 15.5 Å². The van der Waals surface area contributed by atoms with Crippen LogP contribution in [0.25, 0.3) is 0 Å². The first kappa shape index (κ1) is 22.0. The molecule has 6 heteroatoms. The Hall–Kier alpha value is -1.69. The van der Waals surface area contributed by atoms with E-state index in [0.717, 1.165) is 24.8 Å². The average molecular weight is 420 g/mol. The molecule has 2 unspecified atom stereocenters. The molecule has 160 valence electrons. The van der Waals surface area contributed by atoms with Crippen LogP contribution in [0.4, 0.5) is 4.39 Å². The van der Waals surface area contributed by atoms with Gasteiger partial charge in [0.25, 0.3) is 0 Å². The molecule has 3 rings (SSSR count). The van der Waals surface area contributed by atoms with Gasteiger partial charge in [-0.2, -0.15) is 0 Å². The fourth-order valence-electron chi connectivity index (χ4n) is 4.59. The Balaban J connectivity index is 1.56. The Morgan fingerprint density at radius 1 is 1.07 bits per heavy atom. The molecule has 0 radical (unpaired) electrons. The Morgan fingerprint density at radius 2 is 1.72 bits per heavy atom. The third-order valence-corrected chi connectivity index (χ3v) is 6.78. The van der Waals surface area contributed by atoms with Crippen LogP contribution in [0.2, 0.25) is 0 Å². The average Bonchev–Trinajstić information content (AvgIpc) is 2.74. The number of nitrogens with zero attached hydrogens (tertiary/aromatic N) is 1. The number of hydrogen-bond acceptors (Lipinski definition) is 2. The summed E-state index contributed by atoms with van der Waals surface area (Å²) >= 11 is 5.69. The lowest BCUT2D eigenvalue weighted by molar-refractivity contribution is -0.121. The summed E-state index contributed by atoms with van der Waals surface area (Å²) in [7, 11) is 0. The second kappa shape index (κ2) is 10.9. The summed E-state index contributed by atoms with van der Waals surface area (Å²) in [6.45, 7) is 3.06. The lowest BCUT2D eigenvalue weighted by atomic mass is 9.86. The van der Waals surface area contributed by atoms with Crippen LogP contribution in [-0.4, -0.2) is 34.5 Å². The van der Waals surface area contributed by atoms with E-state index in [0.29, 0.717) is 23.6 Å². The van der Waals surface area contributed by atoms with E-state index in [2.05, 4.69) is 22.5 Å². The van der Waals surface area contributed by atoms with Crippen molar-refractivity contribution in [3.63, 3.8) is 0 Å². The standard InChI is InChI=1S/C23H34FN3OS/c1-17-7-5-6-10-21(17)26-22(28)15-25-23(29)27(20-8-3-2-4-9-20)16-18-11-13-19(24)14-12-18/h11-14,17,20-21H,2-10,15-16H2,1H3,(H,25,29)(H,26,28). The summed E-state index contributed by atoms with van der Waals surface area (Å²) in [6.07, 6.45) is 10.6. The van der Waals surface area contributed by atoms with Gasteiger partial charge in [-0.1, -0.05) is 51.2 Å². The number of carbonyl (C=O) groups excluding carboxylic acids is 1. The number of nitrogens with one attached hydrogen (secondary N) is 2. The number of halogens is 1. The first-order valence-corrected chi connectivity index (χ1v) is 11.5. The minimum absolute atomic E-state index is 0.0106. The molecule has 0 saturated heterocycles. The second-order valence-electron chi connectivity index (χ2n) is 8.64. The summed E-state index contributed by atoms with van der Waals surface area (Å²) in [5, 5.41) is 6.98. The van der Waals surface area contributed by atoms with E-state index < -0.39 is 0 Å². The largest absolute Gasteiger partial charge is 0.353 e. The summed E-state index contributed by atoms with van der Waals surface area (Å²) in [4.78, 5) is 14.7. The third-order valence-electron chi connectivity index (χ3n) is 6.40. The minimum atomic E-state index is -0.229. The van der Waals surface area contributed by atoms with E-state index in [1.54, 1.807) is 0 Å². The monoisotopic (exact) mass is 419 g/mol. The molecule has 0 heterocycles. The van der Waals surface area contributed by atoms with Crippen molar-refractivity contribution in [2.75, 3.05) is 6.54 Å². The summed E-state index contributed by atoms with van der Waals surface area (Å²) < 4.78 is 13.3. The van der Waals surface area contributed by atoms with Gasteiger partial charge >= 0.3 is 0 Å². The van der Waals surface area contributed by atoms with Crippen molar-refractivity contribution in [2.24, 2.45) is 5.92 Å². The van der Waals surface area contributed by atoms with E-state index >= 15 is 0 Å². The number of thiocarbonyl (C=S) groups is 1. The number of carbonyl (C=O) groups is 1. The molecule has 1 aromatic rings. The van der Waals surface area contributed by atoms with Gasteiger partial charge in [0.2, 0.25) is 5.91 Å². The topological polar surface area (TPSA) is 44.4 Å².